The first kappa shape index (κ1) is 23.4. The number of carbonyl (C=O) groups excluding carboxylic acids is 1. The van der Waals surface area contributed by atoms with Gasteiger partial charge in [-0.25, -0.2) is 4.79 Å². The fourth-order valence-electron chi connectivity index (χ4n) is 3.66. The Labute approximate surface area is 181 Å². The number of amides is 1. The minimum atomic E-state index is -5.08. The number of anilines is 1. The summed E-state index contributed by atoms with van der Waals surface area (Å²) in [6, 6.07) is 5.68. The normalized spacial score (nSPS) is 21.1. The molecule has 2 fully saturated rings. The maximum absolute atomic E-state index is 12.6. The van der Waals surface area contributed by atoms with Gasteiger partial charge in [0.2, 0.25) is 0 Å². The Kier molecular flexibility index (Phi) is 6.96. The van der Waals surface area contributed by atoms with Crippen molar-refractivity contribution in [3.63, 3.8) is 0 Å². The number of hydrogen-bond donors (Lipinski definition) is 2. The molecule has 1 spiro atoms. The Morgan fingerprint density at radius 3 is 2.53 bits per heavy atom. The number of carboxylic acid groups (broad SMARTS) is 1. The van der Waals surface area contributed by atoms with E-state index in [2.05, 4.69) is 25.3 Å². The van der Waals surface area contributed by atoms with Crippen molar-refractivity contribution < 1.29 is 32.6 Å². The van der Waals surface area contributed by atoms with Gasteiger partial charge in [0, 0.05) is 19.3 Å². The number of carbonyl (C=O) groups is 2. The van der Waals surface area contributed by atoms with Crippen LogP contribution in [0.2, 0.25) is 0 Å². The van der Waals surface area contributed by atoms with Crippen LogP contribution in [0.4, 0.5) is 19.0 Å². The van der Waals surface area contributed by atoms with Crippen LogP contribution in [-0.4, -0.2) is 86.8 Å². The van der Waals surface area contributed by atoms with Crippen LogP contribution < -0.4 is 4.90 Å². The third-order valence-electron chi connectivity index (χ3n) is 5.16. The molecule has 1 atom stereocenters. The van der Waals surface area contributed by atoms with E-state index in [1.165, 1.54) is 0 Å². The third-order valence-corrected chi connectivity index (χ3v) is 5.16. The molecule has 13 heteroatoms. The zero-order valence-electron chi connectivity index (χ0n) is 17.3. The molecule has 0 aromatic carbocycles. The molecule has 1 amide bonds. The molecule has 2 aromatic heterocycles. The van der Waals surface area contributed by atoms with E-state index in [-0.39, 0.29) is 11.5 Å². The predicted molar refractivity (Wildman–Crippen MR) is 105 cm³/mol. The van der Waals surface area contributed by atoms with Gasteiger partial charge in [-0.1, -0.05) is 0 Å². The number of aromatic nitrogens is 4. The number of aryl methyl sites for hydroxylation is 1. The van der Waals surface area contributed by atoms with Crippen molar-refractivity contribution in [2.24, 2.45) is 0 Å². The molecule has 0 saturated carbocycles. The Hall–Kier alpha value is -3.22. The maximum atomic E-state index is 12.6. The summed E-state index contributed by atoms with van der Waals surface area (Å²) >= 11 is 0. The number of ether oxygens (including phenoxy) is 1. The van der Waals surface area contributed by atoms with Gasteiger partial charge < -0.3 is 19.6 Å². The van der Waals surface area contributed by atoms with Crippen LogP contribution >= 0.6 is 0 Å². The lowest BCUT2D eigenvalue weighted by Crippen LogP contribution is -2.61. The van der Waals surface area contributed by atoms with Gasteiger partial charge in [-0.2, -0.15) is 23.4 Å². The van der Waals surface area contributed by atoms with Crippen LogP contribution in [0, 0.1) is 6.92 Å². The standard InChI is InChI=1S/C17H22N6O2.C2HF3O2/c1-13-3-4-15(21-19-13)22-8-2-6-17(11-22)12-23(9-10-25-17)16(24)14-5-7-18-20-14;3-2(4,5)1(6)7/h3-5,7H,2,6,8-12H2,1H3,(H,18,20);(H,6,7). The smallest absolute Gasteiger partial charge is 0.475 e. The summed E-state index contributed by atoms with van der Waals surface area (Å²) < 4.78 is 37.9. The largest absolute Gasteiger partial charge is 0.490 e. The van der Waals surface area contributed by atoms with Crippen LogP contribution in [0.1, 0.15) is 29.0 Å². The highest BCUT2D eigenvalue weighted by molar-refractivity contribution is 5.92. The van der Waals surface area contributed by atoms with Crippen molar-refractivity contribution in [3.8, 4) is 0 Å². The molecule has 2 aliphatic heterocycles. The Bertz CT molecular complexity index is 918. The Morgan fingerprint density at radius 1 is 1.19 bits per heavy atom. The van der Waals surface area contributed by atoms with E-state index in [0.717, 1.165) is 37.4 Å². The third kappa shape index (κ3) is 5.72. The van der Waals surface area contributed by atoms with Gasteiger partial charge in [-0.3, -0.25) is 9.89 Å². The van der Waals surface area contributed by atoms with E-state index in [1.54, 1.807) is 12.3 Å². The zero-order chi connectivity index (χ0) is 23.4. The number of piperidine rings is 1. The molecular formula is C19H23F3N6O4. The van der Waals surface area contributed by atoms with Crippen LogP contribution in [0.5, 0.6) is 0 Å². The minimum Gasteiger partial charge on any atom is -0.475 e. The van der Waals surface area contributed by atoms with E-state index >= 15 is 0 Å². The van der Waals surface area contributed by atoms with E-state index in [0.29, 0.717) is 25.4 Å². The molecule has 0 bridgehead atoms. The van der Waals surface area contributed by atoms with E-state index in [4.69, 9.17) is 14.6 Å². The summed E-state index contributed by atoms with van der Waals surface area (Å²) in [4.78, 5) is 25.6. The Balaban J connectivity index is 0.000000360. The molecule has 2 aromatic rings. The lowest BCUT2D eigenvalue weighted by Gasteiger charge is -2.48. The molecule has 0 aliphatic carbocycles. The van der Waals surface area contributed by atoms with Gasteiger partial charge in [0.25, 0.3) is 5.91 Å². The molecule has 4 heterocycles. The SMILES string of the molecule is Cc1ccc(N2CCCC3(CN(C(=O)c4ccn[nH]4)CCO3)C2)nn1.O=C(O)C(F)(F)F. The lowest BCUT2D eigenvalue weighted by atomic mass is 9.90. The summed E-state index contributed by atoms with van der Waals surface area (Å²) in [5.74, 6) is -1.91. The molecule has 10 nitrogen and oxygen atoms in total. The van der Waals surface area contributed by atoms with Gasteiger partial charge in [-0.05, 0) is 38.0 Å². The lowest BCUT2D eigenvalue weighted by molar-refractivity contribution is -0.192. The minimum absolute atomic E-state index is 0.0209. The van der Waals surface area contributed by atoms with Crippen molar-refractivity contribution in [2.75, 3.05) is 37.7 Å². The number of morpholine rings is 1. The summed E-state index contributed by atoms with van der Waals surface area (Å²) in [7, 11) is 0. The van der Waals surface area contributed by atoms with Gasteiger partial charge in [-0.15, -0.1) is 5.10 Å². The van der Waals surface area contributed by atoms with Crippen LogP contribution in [0.3, 0.4) is 0 Å². The van der Waals surface area contributed by atoms with Gasteiger partial charge in [0.05, 0.1) is 25.4 Å². The monoisotopic (exact) mass is 456 g/mol. The van der Waals surface area contributed by atoms with Crippen LogP contribution in [0.15, 0.2) is 24.4 Å². The number of H-pyrrole nitrogens is 1. The first-order valence-electron chi connectivity index (χ1n) is 9.88. The summed E-state index contributed by atoms with van der Waals surface area (Å²) in [6.45, 7) is 5.31. The molecule has 4 rings (SSSR count). The highest BCUT2D eigenvalue weighted by atomic mass is 19.4. The molecule has 32 heavy (non-hydrogen) atoms. The number of aliphatic carboxylic acids is 1. The summed E-state index contributed by atoms with van der Waals surface area (Å²) in [6.07, 6.45) is -1.54. The molecule has 0 radical (unpaired) electrons. The van der Waals surface area contributed by atoms with Crippen molar-refractivity contribution in [1.82, 2.24) is 25.3 Å². The maximum Gasteiger partial charge on any atom is 0.490 e. The first-order chi connectivity index (χ1) is 15.1. The fraction of sp³-hybridized carbons (Fsp3) is 0.526. The van der Waals surface area contributed by atoms with Crippen molar-refractivity contribution in [2.45, 2.75) is 31.5 Å². The molecule has 2 aliphatic rings. The average Bonchev–Trinajstić information content (AvgIpc) is 3.28. The molecule has 2 saturated heterocycles. The molecular weight excluding hydrogens is 433 g/mol. The van der Waals surface area contributed by atoms with Gasteiger partial charge in [0.15, 0.2) is 5.82 Å². The topological polar surface area (TPSA) is 125 Å². The highest BCUT2D eigenvalue weighted by Gasteiger charge is 2.42. The number of carboxylic acids is 1. The number of nitrogens with one attached hydrogen (secondary N) is 1. The summed E-state index contributed by atoms with van der Waals surface area (Å²) in [5, 5.41) is 22.2. The number of rotatable bonds is 2. The number of halogens is 3. The van der Waals surface area contributed by atoms with Gasteiger partial charge in [0.1, 0.15) is 11.3 Å². The highest BCUT2D eigenvalue weighted by Crippen LogP contribution is 2.31. The molecule has 1 unspecified atom stereocenters. The average molecular weight is 456 g/mol. The molecule has 2 N–H and O–H groups in total. The second-order valence-corrected chi connectivity index (χ2v) is 7.59. The van der Waals surface area contributed by atoms with E-state index < -0.39 is 12.1 Å². The van der Waals surface area contributed by atoms with Crippen molar-refractivity contribution in [1.29, 1.82) is 0 Å². The van der Waals surface area contributed by atoms with Gasteiger partial charge >= 0.3 is 12.1 Å². The zero-order valence-corrected chi connectivity index (χ0v) is 17.3. The molecule has 174 valence electrons. The number of alkyl halides is 3. The van der Waals surface area contributed by atoms with E-state index in [9.17, 15) is 18.0 Å². The first-order valence-corrected chi connectivity index (χ1v) is 9.88. The fourth-order valence-corrected chi connectivity index (χ4v) is 3.66. The number of aromatic amines is 1. The number of nitrogens with zero attached hydrogens (tertiary/aromatic N) is 5. The second-order valence-electron chi connectivity index (χ2n) is 7.59. The van der Waals surface area contributed by atoms with Crippen LogP contribution in [-0.2, 0) is 9.53 Å². The van der Waals surface area contributed by atoms with Crippen LogP contribution in [0.25, 0.3) is 0 Å². The predicted octanol–water partition coefficient (Wildman–Crippen LogP) is 1.65. The quantitative estimate of drug-likeness (QED) is 0.699. The van der Waals surface area contributed by atoms with Crippen molar-refractivity contribution in [3.05, 3.63) is 35.8 Å². The van der Waals surface area contributed by atoms with Crippen molar-refractivity contribution >= 4 is 17.7 Å². The van der Waals surface area contributed by atoms with E-state index in [1.807, 2.05) is 24.0 Å². The number of hydrogen-bond acceptors (Lipinski definition) is 7. The Morgan fingerprint density at radius 2 is 1.94 bits per heavy atom. The summed E-state index contributed by atoms with van der Waals surface area (Å²) in [5.41, 5.74) is 1.08. The second kappa shape index (κ2) is 9.51.